The molecule has 0 bridgehead atoms. The van der Waals surface area contributed by atoms with Crippen LogP contribution in [0.1, 0.15) is 38.3 Å². The standard InChI is InChI=1S/C20H24N4O2/c1-12(2)7-20(3,23)11-26-17-5-4-14-15-6-18(22)24-9-13(15)10-25-19(14)16(17)8-21/h4-6,9,12H,7,10-11,23H2,1-3H3,(H2,22,24). The maximum absolute atomic E-state index is 9.67. The molecule has 6 nitrogen and oxygen atoms in total. The second-order valence-electron chi connectivity index (χ2n) is 7.52. The van der Waals surface area contributed by atoms with Gasteiger partial charge in [-0.15, -0.1) is 0 Å². The third-order valence-corrected chi connectivity index (χ3v) is 4.33. The highest BCUT2D eigenvalue weighted by atomic mass is 16.5. The fraction of sp³-hybridized carbons (Fsp3) is 0.400. The van der Waals surface area contributed by atoms with E-state index in [4.69, 9.17) is 20.9 Å². The molecule has 1 unspecified atom stereocenters. The summed E-state index contributed by atoms with van der Waals surface area (Å²) in [6, 6.07) is 7.69. The zero-order chi connectivity index (χ0) is 18.9. The summed E-state index contributed by atoms with van der Waals surface area (Å²) in [5.74, 6) is 1.90. The second-order valence-corrected chi connectivity index (χ2v) is 7.52. The largest absolute Gasteiger partial charge is 0.490 e. The van der Waals surface area contributed by atoms with Gasteiger partial charge in [-0.2, -0.15) is 5.26 Å². The van der Waals surface area contributed by atoms with E-state index < -0.39 is 5.54 Å². The van der Waals surface area contributed by atoms with Crippen molar-refractivity contribution in [1.29, 1.82) is 5.26 Å². The van der Waals surface area contributed by atoms with Crippen LogP contribution >= 0.6 is 0 Å². The van der Waals surface area contributed by atoms with Gasteiger partial charge in [0.1, 0.15) is 42.2 Å². The minimum Gasteiger partial charge on any atom is -0.490 e. The predicted molar refractivity (Wildman–Crippen MR) is 101 cm³/mol. The van der Waals surface area contributed by atoms with Gasteiger partial charge in [-0.3, -0.25) is 0 Å². The molecule has 0 radical (unpaired) electrons. The number of benzene rings is 1. The molecule has 6 heteroatoms. The lowest BCUT2D eigenvalue weighted by atomic mass is 9.92. The molecule has 1 aromatic heterocycles. The molecule has 0 saturated carbocycles. The number of rotatable bonds is 5. The molecule has 2 aromatic rings. The number of ether oxygens (including phenoxy) is 2. The molecule has 0 saturated heterocycles. The molecule has 0 spiro atoms. The first-order valence-corrected chi connectivity index (χ1v) is 8.67. The first-order valence-electron chi connectivity index (χ1n) is 8.67. The highest BCUT2D eigenvalue weighted by molar-refractivity contribution is 5.80. The average molecular weight is 352 g/mol. The second kappa shape index (κ2) is 6.85. The van der Waals surface area contributed by atoms with Gasteiger partial charge in [0.15, 0.2) is 0 Å². The molecule has 0 fully saturated rings. The normalized spacial score (nSPS) is 14.6. The van der Waals surface area contributed by atoms with Gasteiger partial charge in [0.25, 0.3) is 0 Å². The van der Waals surface area contributed by atoms with Crippen molar-refractivity contribution in [1.82, 2.24) is 4.98 Å². The minimum atomic E-state index is -0.468. The van der Waals surface area contributed by atoms with Crippen LogP contribution in [0.25, 0.3) is 11.1 Å². The van der Waals surface area contributed by atoms with Crippen LogP contribution in [0.3, 0.4) is 0 Å². The molecule has 1 aromatic carbocycles. The highest BCUT2D eigenvalue weighted by Gasteiger charge is 2.26. The van der Waals surface area contributed by atoms with Crippen molar-refractivity contribution in [2.24, 2.45) is 11.7 Å². The Hall–Kier alpha value is -2.78. The van der Waals surface area contributed by atoms with Gasteiger partial charge < -0.3 is 20.9 Å². The summed E-state index contributed by atoms with van der Waals surface area (Å²) >= 11 is 0. The SMILES string of the molecule is CC(C)CC(C)(N)COc1ccc2c(c1C#N)OCc1cnc(N)cc1-2. The number of pyridine rings is 1. The third-order valence-electron chi connectivity index (χ3n) is 4.33. The lowest BCUT2D eigenvalue weighted by molar-refractivity contribution is 0.205. The number of aromatic nitrogens is 1. The lowest BCUT2D eigenvalue weighted by Crippen LogP contribution is -2.43. The predicted octanol–water partition coefficient (Wildman–Crippen LogP) is 3.24. The molecule has 4 N–H and O–H groups in total. The lowest BCUT2D eigenvalue weighted by Gasteiger charge is -2.28. The van der Waals surface area contributed by atoms with Crippen molar-refractivity contribution in [3.63, 3.8) is 0 Å². The van der Waals surface area contributed by atoms with Crippen LogP contribution in [0.15, 0.2) is 24.4 Å². The Labute approximate surface area is 153 Å². The Kier molecular flexibility index (Phi) is 4.75. The minimum absolute atomic E-state index is 0.325. The summed E-state index contributed by atoms with van der Waals surface area (Å²) in [7, 11) is 0. The van der Waals surface area contributed by atoms with E-state index in [1.165, 1.54) is 0 Å². The van der Waals surface area contributed by atoms with Crippen molar-refractivity contribution in [3.8, 4) is 28.7 Å². The molecule has 2 heterocycles. The van der Waals surface area contributed by atoms with Crippen molar-refractivity contribution in [2.45, 2.75) is 39.3 Å². The summed E-state index contributed by atoms with van der Waals surface area (Å²) in [5, 5.41) is 9.67. The fourth-order valence-electron chi connectivity index (χ4n) is 3.40. The van der Waals surface area contributed by atoms with Crippen LogP contribution in [0.4, 0.5) is 5.82 Å². The summed E-state index contributed by atoms with van der Waals surface area (Å²) in [5.41, 5.74) is 14.7. The van der Waals surface area contributed by atoms with E-state index >= 15 is 0 Å². The number of nitrogen functional groups attached to an aromatic ring is 1. The van der Waals surface area contributed by atoms with E-state index in [0.717, 1.165) is 23.1 Å². The van der Waals surface area contributed by atoms with Crippen molar-refractivity contribution >= 4 is 5.82 Å². The number of hydrogen-bond donors (Lipinski definition) is 2. The Bertz CT molecular complexity index is 869. The Morgan fingerprint density at radius 1 is 1.38 bits per heavy atom. The summed E-state index contributed by atoms with van der Waals surface area (Å²) < 4.78 is 11.7. The van der Waals surface area contributed by atoms with Crippen LogP contribution in [-0.4, -0.2) is 17.1 Å². The van der Waals surface area contributed by atoms with Crippen molar-refractivity contribution < 1.29 is 9.47 Å². The van der Waals surface area contributed by atoms with E-state index in [1.807, 2.05) is 13.0 Å². The molecule has 0 aliphatic carbocycles. The van der Waals surface area contributed by atoms with Crippen LogP contribution in [0, 0.1) is 17.2 Å². The van der Waals surface area contributed by atoms with Crippen LogP contribution in [0.2, 0.25) is 0 Å². The van der Waals surface area contributed by atoms with Gasteiger partial charge in [0, 0.05) is 22.9 Å². The first kappa shape index (κ1) is 18.0. The number of hydrogen-bond acceptors (Lipinski definition) is 6. The molecule has 1 aliphatic rings. The zero-order valence-electron chi connectivity index (χ0n) is 15.4. The number of nitrogens with two attached hydrogens (primary N) is 2. The van der Waals surface area contributed by atoms with E-state index in [9.17, 15) is 5.26 Å². The zero-order valence-corrected chi connectivity index (χ0v) is 15.4. The monoisotopic (exact) mass is 352 g/mol. The van der Waals surface area contributed by atoms with Gasteiger partial charge in [-0.05, 0) is 43.0 Å². The quantitative estimate of drug-likeness (QED) is 0.855. The number of nitrogens with zero attached hydrogens (tertiary/aromatic N) is 2. The highest BCUT2D eigenvalue weighted by Crippen LogP contribution is 2.43. The van der Waals surface area contributed by atoms with E-state index in [0.29, 0.717) is 42.0 Å². The number of fused-ring (bicyclic) bond motifs is 3. The Morgan fingerprint density at radius 3 is 2.85 bits per heavy atom. The van der Waals surface area contributed by atoms with E-state index in [-0.39, 0.29) is 0 Å². The van der Waals surface area contributed by atoms with E-state index in [1.54, 1.807) is 18.3 Å². The van der Waals surface area contributed by atoms with Gasteiger partial charge >= 0.3 is 0 Å². The molecule has 136 valence electrons. The first-order chi connectivity index (χ1) is 12.3. The molecule has 1 aliphatic heterocycles. The van der Waals surface area contributed by atoms with Gasteiger partial charge in [0.2, 0.25) is 0 Å². The van der Waals surface area contributed by atoms with Crippen LogP contribution in [0.5, 0.6) is 11.5 Å². The molecular weight excluding hydrogens is 328 g/mol. The van der Waals surface area contributed by atoms with Gasteiger partial charge in [-0.25, -0.2) is 4.98 Å². The third kappa shape index (κ3) is 3.58. The van der Waals surface area contributed by atoms with Crippen LogP contribution in [-0.2, 0) is 6.61 Å². The van der Waals surface area contributed by atoms with Crippen molar-refractivity contribution in [3.05, 3.63) is 35.5 Å². The molecular formula is C20H24N4O2. The maximum Gasteiger partial charge on any atom is 0.149 e. The Balaban J connectivity index is 1.93. The average Bonchev–Trinajstić information content (AvgIpc) is 2.57. The fourth-order valence-corrected chi connectivity index (χ4v) is 3.40. The smallest absolute Gasteiger partial charge is 0.149 e. The summed E-state index contributed by atoms with van der Waals surface area (Å²) in [4.78, 5) is 4.10. The van der Waals surface area contributed by atoms with Gasteiger partial charge in [0.05, 0.1) is 0 Å². The topological polar surface area (TPSA) is 107 Å². The van der Waals surface area contributed by atoms with Crippen molar-refractivity contribution in [2.75, 3.05) is 12.3 Å². The molecule has 26 heavy (non-hydrogen) atoms. The molecule has 0 amide bonds. The molecule has 3 rings (SSSR count). The van der Waals surface area contributed by atoms with Crippen LogP contribution < -0.4 is 20.9 Å². The van der Waals surface area contributed by atoms with E-state index in [2.05, 4.69) is 24.9 Å². The summed E-state index contributed by atoms with van der Waals surface area (Å²) in [6.07, 6.45) is 2.53. The van der Waals surface area contributed by atoms with Gasteiger partial charge in [-0.1, -0.05) is 13.8 Å². The molecule has 1 atom stereocenters. The summed E-state index contributed by atoms with van der Waals surface area (Å²) in [6.45, 7) is 6.87. The number of anilines is 1. The maximum atomic E-state index is 9.67. The Morgan fingerprint density at radius 2 is 2.15 bits per heavy atom. The number of nitriles is 1.